The minimum absolute atomic E-state index is 0.0495. The predicted molar refractivity (Wildman–Crippen MR) is 77.7 cm³/mol. The first kappa shape index (κ1) is 14.5. The van der Waals surface area contributed by atoms with Crippen LogP contribution in [0.2, 0.25) is 0 Å². The predicted octanol–water partition coefficient (Wildman–Crippen LogP) is 3.36. The van der Waals surface area contributed by atoms with E-state index in [4.69, 9.17) is 4.42 Å². The first-order valence-electron chi connectivity index (χ1n) is 7.31. The third-order valence-electron chi connectivity index (χ3n) is 3.96. The summed E-state index contributed by atoms with van der Waals surface area (Å²) in [5.41, 5.74) is 0.849. The van der Waals surface area contributed by atoms with Gasteiger partial charge in [-0.05, 0) is 49.1 Å². The number of hydrogen-bond acceptors (Lipinski definition) is 3. The van der Waals surface area contributed by atoms with Crippen LogP contribution in [0.4, 0.5) is 4.39 Å². The maximum atomic E-state index is 13.1. The number of piperidine rings is 1. The Labute approximate surface area is 127 Å². The van der Waals surface area contributed by atoms with Crippen LogP contribution in [-0.2, 0) is 4.79 Å². The van der Waals surface area contributed by atoms with Crippen molar-refractivity contribution in [2.24, 2.45) is 0 Å². The van der Waals surface area contributed by atoms with Crippen LogP contribution < -0.4 is 0 Å². The van der Waals surface area contributed by atoms with Gasteiger partial charge in [0.15, 0.2) is 5.76 Å². The third kappa shape index (κ3) is 2.79. The summed E-state index contributed by atoms with van der Waals surface area (Å²) >= 11 is 0. The molecule has 1 aromatic heterocycles. The van der Waals surface area contributed by atoms with E-state index in [0.29, 0.717) is 6.54 Å². The van der Waals surface area contributed by atoms with E-state index in [1.165, 1.54) is 24.5 Å². The first-order chi connectivity index (χ1) is 10.7. The quantitative estimate of drug-likeness (QED) is 0.645. The first-order valence-corrected chi connectivity index (χ1v) is 7.31. The van der Waals surface area contributed by atoms with Gasteiger partial charge < -0.3 is 9.32 Å². The summed E-state index contributed by atoms with van der Waals surface area (Å²) in [6.07, 6.45) is 3.96. The average molecular weight is 301 g/mol. The summed E-state index contributed by atoms with van der Waals surface area (Å²) in [6.45, 7) is 0.521. The van der Waals surface area contributed by atoms with Crippen molar-refractivity contribution in [1.29, 1.82) is 0 Å². The number of likely N-dealkylation sites (tertiary alicyclic amines) is 1. The number of hydrogen-bond donors (Lipinski definition) is 0. The molecule has 5 heteroatoms. The lowest BCUT2D eigenvalue weighted by Gasteiger charge is -2.35. The monoisotopic (exact) mass is 301 g/mol. The highest BCUT2D eigenvalue weighted by Gasteiger charge is 2.33. The fourth-order valence-corrected chi connectivity index (χ4v) is 2.85. The number of carbonyl (C=O) groups excluding carboxylic acids is 2. The molecule has 0 bridgehead atoms. The van der Waals surface area contributed by atoms with Gasteiger partial charge in [-0.15, -0.1) is 0 Å². The summed E-state index contributed by atoms with van der Waals surface area (Å²) in [5, 5.41) is 0. The zero-order chi connectivity index (χ0) is 15.5. The molecule has 1 saturated heterocycles. The van der Waals surface area contributed by atoms with Gasteiger partial charge in [-0.1, -0.05) is 12.1 Å². The van der Waals surface area contributed by atoms with Crippen molar-refractivity contribution in [2.75, 3.05) is 6.54 Å². The zero-order valence-electron chi connectivity index (χ0n) is 12.0. The van der Waals surface area contributed by atoms with E-state index in [-0.39, 0.29) is 17.6 Å². The van der Waals surface area contributed by atoms with Crippen LogP contribution in [0.5, 0.6) is 0 Å². The molecule has 3 rings (SSSR count). The van der Waals surface area contributed by atoms with Crippen LogP contribution in [0.15, 0.2) is 47.1 Å². The van der Waals surface area contributed by atoms with E-state index in [1.54, 1.807) is 23.1 Å². The third-order valence-corrected chi connectivity index (χ3v) is 3.96. The van der Waals surface area contributed by atoms with Crippen LogP contribution in [0.3, 0.4) is 0 Å². The second-order valence-electron chi connectivity index (χ2n) is 5.37. The van der Waals surface area contributed by atoms with Crippen molar-refractivity contribution in [3.63, 3.8) is 0 Å². The molecule has 0 aliphatic carbocycles. The highest BCUT2D eigenvalue weighted by molar-refractivity contribution is 6.42. The van der Waals surface area contributed by atoms with Crippen LogP contribution in [0.25, 0.3) is 0 Å². The van der Waals surface area contributed by atoms with Crippen LogP contribution in [0, 0.1) is 5.82 Å². The van der Waals surface area contributed by atoms with Crippen molar-refractivity contribution in [1.82, 2.24) is 4.90 Å². The summed E-state index contributed by atoms with van der Waals surface area (Å²) in [5.74, 6) is -1.47. The Balaban J connectivity index is 1.84. The van der Waals surface area contributed by atoms with E-state index in [9.17, 15) is 14.0 Å². The number of rotatable bonds is 3. The van der Waals surface area contributed by atoms with Crippen LogP contribution >= 0.6 is 0 Å². The molecule has 0 spiro atoms. The second-order valence-corrected chi connectivity index (χ2v) is 5.37. The van der Waals surface area contributed by atoms with E-state index >= 15 is 0 Å². The molecule has 0 radical (unpaired) electrons. The maximum absolute atomic E-state index is 13.1. The van der Waals surface area contributed by atoms with Gasteiger partial charge in [0.25, 0.3) is 11.7 Å². The normalized spacial score (nSPS) is 18.2. The van der Waals surface area contributed by atoms with Crippen molar-refractivity contribution >= 4 is 11.7 Å². The highest BCUT2D eigenvalue weighted by Crippen LogP contribution is 2.31. The van der Waals surface area contributed by atoms with E-state index in [1.807, 2.05) is 0 Å². The van der Waals surface area contributed by atoms with Gasteiger partial charge in [-0.2, -0.15) is 0 Å². The Bertz CT molecular complexity index is 664. The van der Waals surface area contributed by atoms with Crippen LogP contribution in [-0.4, -0.2) is 23.1 Å². The summed E-state index contributed by atoms with van der Waals surface area (Å²) in [7, 11) is 0. The van der Waals surface area contributed by atoms with Crippen molar-refractivity contribution in [2.45, 2.75) is 25.3 Å². The van der Waals surface area contributed by atoms with Gasteiger partial charge in [0.05, 0.1) is 12.3 Å². The number of carbonyl (C=O) groups is 2. The molecule has 0 saturated carbocycles. The van der Waals surface area contributed by atoms with E-state index < -0.39 is 11.7 Å². The van der Waals surface area contributed by atoms with Gasteiger partial charge in [-0.3, -0.25) is 9.59 Å². The highest BCUT2D eigenvalue weighted by atomic mass is 19.1. The Hall–Kier alpha value is -2.43. The summed E-state index contributed by atoms with van der Waals surface area (Å²) in [4.78, 5) is 26.3. The van der Waals surface area contributed by atoms with Crippen molar-refractivity contribution in [3.05, 3.63) is 59.8 Å². The molecule has 1 aromatic carbocycles. The Morgan fingerprint density at radius 2 is 1.91 bits per heavy atom. The lowest BCUT2D eigenvalue weighted by atomic mass is 9.94. The van der Waals surface area contributed by atoms with Gasteiger partial charge in [0.1, 0.15) is 5.82 Å². The maximum Gasteiger partial charge on any atom is 0.298 e. The van der Waals surface area contributed by atoms with Crippen molar-refractivity contribution in [3.8, 4) is 0 Å². The molecule has 114 valence electrons. The summed E-state index contributed by atoms with van der Waals surface area (Å²) in [6, 6.07) is 8.96. The Morgan fingerprint density at radius 3 is 2.59 bits per heavy atom. The Morgan fingerprint density at radius 1 is 1.14 bits per heavy atom. The van der Waals surface area contributed by atoms with Gasteiger partial charge in [-0.25, -0.2) is 4.39 Å². The number of ketones is 1. The second kappa shape index (κ2) is 6.13. The van der Waals surface area contributed by atoms with E-state index in [2.05, 4.69) is 0 Å². The number of amides is 1. The number of nitrogens with zero attached hydrogens (tertiary/aromatic N) is 1. The fraction of sp³-hybridized carbons (Fsp3) is 0.294. The lowest BCUT2D eigenvalue weighted by Crippen LogP contribution is -2.42. The topological polar surface area (TPSA) is 50.5 Å². The van der Waals surface area contributed by atoms with Gasteiger partial charge >= 0.3 is 0 Å². The Kier molecular flexibility index (Phi) is 4.04. The standard InChI is InChI=1S/C17H16FNO3/c18-13-8-6-12(7-9-13)14-4-1-2-10-19(14)17(21)16(20)15-5-3-11-22-15/h3,5-9,11,14H,1-2,4,10H2. The molecule has 1 unspecified atom stereocenters. The minimum atomic E-state index is -0.640. The molecular weight excluding hydrogens is 285 g/mol. The molecule has 2 aromatic rings. The minimum Gasteiger partial charge on any atom is -0.461 e. The molecule has 1 aliphatic rings. The van der Waals surface area contributed by atoms with Crippen molar-refractivity contribution < 1.29 is 18.4 Å². The number of Topliss-reactive ketones (excluding diaryl/α,β-unsaturated/α-hetero) is 1. The number of furan rings is 1. The number of benzene rings is 1. The molecular formula is C17H16FNO3. The largest absolute Gasteiger partial charge is 0.461 e. The lowest BCUT2D eigenvalue weighted by molar-refractivity contribution is -0.130. The zero-order valence-corrected chi connectivity index (χ0v) is 12.0. The number of halogens is 1. The van der Waals surface area contributed by atoms with Crippen LogP contribution in [0.1, 0.15) is 41.4 Å². The molecule has 1 fully saturated rings. The summed E-state index contributed by atoms with van der Waals surface area (Å²) < 4.78 is 18.1. The molecule has 22 heavy (non-hydrogen) atoms. The molecule has 1 atom stereocenters. The molecule has 1 aliphatic heterocycles. The van der Waals surface area contributed by atoms with E-state index in [0.717, 1.165) is 24.8 Å². The SMILES string of the molecule is O=C(C(=O)N1CCCCC1c1ccc(F)cc1)c1ccco1. The van der Waals surface area contributed by atoms with Gasteiger partial charge in [0, 0.05) is 6.54 Å². The average Bonchev–Trinajstić information content (AvgIpc) is 3.09. The van der Waals surface area contributed by atoms with Gasteiger partial charge in [0.2, 0.25) is 0 Å². The molecule has 4 nitrogen and oxygen atoms in total. The fourth-order valence-electron chi connectivity index (χ4n) is 2.85. The molecule has 0 N–H and O–H groups in total. The molecule has 1 amide bonds. The smallest absolute Gasteiger partial charge is 0.298 e. The molecule has 2 heterocycles.